The van der Waals surface area contributed by atoms with Crippen LogP contribution in [0, 0.1) is 0 Å². The van der Waals surface area contributed by atoms with Crippen LogP contribution in [-0.4, -0.2) is 48.7 Å². The van der Waals surface area contributed by atoms with E-state index in [1.54, 1.807) is 7.11 Å². The molecular formula is C13H26N2O2. The van der Waals surface area contributed by atoms with Gasteiger partial charge in [-0.05, 0) is 26.7 Å². The molecule has 0 aromatic carbocycles. The van der Waals surface area contributed by atoms with Crippen molar-refractivity contribution in [3.63, 3.8) is 0 Å². The number of hydrogen-bond donors (Lipinski definition) is 1. The Bertz CT molecular complexity index is 264. The van der Waals surface area contributed by atoms with Gasteiger partial charge in [0.15, 0.2) is 0 Å². The maximum absolute atomic E-state index is 12.3. The third kappa shape index (κ3) is 4.28. The zero-order valence-electron chi connectivity index (χ0n) is 11.7. The zero-order chi connectivity index (χ0) is 13.1. The van der Waals surface area contributed by atoms with Gasteiger partial charge in [-0.2, -0.15) is 0 Å². The Morgan fingerprint density at radius 1 is 1.53 bits per heavy atom. The van der Waals surface area contributed by atoms with E-state index in [1.807, 2.05) is 18.7 Å². The lowest BCUT2D eigenvalue weighted by molar-refractivity contribution is -0.140. The molecule has 4 heteroatoms. The number of nitrogens with zero attached hydrogens (tertiary/aromatic N) is 1. The first-order chi connectivity index (χ1) is 7.85. The summed E-state index contributed by atoms with van der Waals surface area (Å²) in [7, 11) is 1.69. The van der Waals surface area contributed by atoms with Crippen LogP contribution in [0.2, 0.25) is 0 Å². The molecule has 17 heavy (non-hydrogen) atoms. The van der Waals surface area contributed by atoms with Crippen molar-refractivity contribution in [3.8, 4) is 0 Å². The van der Waals surface area contributed by atoms with Crippen molar-refractivity contribution >= 4 is 5.91 Å². The first kappa shape index (κ1) is 14.5. The zero-order valence-corrected chi connectivity index (χ0v) is 11.7. The van der Waals surface area contributed by atoms with Gasteiger partial charge in [0.1, 0.15) is 0 Å². The fourth-order valence-corrected chi connectivity index (χ4v) is 2.18. The number of carbonyl (C=O) groups excluding carboxylic acids is 1. The third-order valence-electron chi connectivity index (χ3n) is 3.19. The van der Waals surface area contributed by atoms with Crippen LogP contribution in [0.5, 0.6) is 0 Å². The smallest absolute Gasteiger partial charge is 0.239 e. The van der Waals surface area contributed by atoms with Gasteiger partial charge >= 0.3 is 0 Å². The van der Waals surface area contributed by atoms with E-state index in [0.717, 1.165) is 19.4 Å². The standard InChI is InChI=1S/C13H26N2O2/c1-10(2)14-11-7-6-8-15(12(11)16)9-13(3,4)17-5/h10-11,14H,6-9H2,1-5H3. The van der Waals surface area contributed by atoms with Gasteiger partial charge in [-0.25, -0.2) is 0 Å². The fourth-order valence-electron chi connectivity index (χ4n) is 2.18. The highest BCUT2D eigenvalue weighted by atomic mass is 16.5. The molecule has 1 aliphatic rings. The van der Waals surface area contributed by atoms with E-state index in [9.17, 15) is 4.79 Å². The van der Waals surface area contributed by atoms with Gasteiger partial charge in [0.2, 0.25) is 5.91 Å². The lowest BCUT2D eigenvalue weighted by Crippen LogP contribution is -2.55. The van der Waals surface area contributed by atoms with Gasteiger partial charge in [0.25, 0.3) is 0 Å². The summed E-state index contributed by atoms with van der Waals surface area (Å²) in [6.45, 7) is 9.69. The largest absolute Gasteiger partial charge is 0.377 e. The van der Waals surface area contributed by atoms with Crippen LogP contribution in [0.4, 0.5) is 0 Å². The minimum absolute atomic E-state index is 0.0172. The van der Waals surface area contributed by atoms with Crippen LogP contribution in [0.1, 0.15) is 40.5 Å². The molecule has 1 heterocycles. The number of amides is 1. The van der Waals surface area contributed by atoms with Crippen molar-refractivity contribution in [1.29, 1.82) is 0 Å². The Morgan fingerprint density at radius 2 is 2.18 bits per heavy atom. The van der Waals surface area contributed by atoms with Gasteiger partial charge < -0.3 is 15.0 Å². The van der Waals surface area contributed by atoms with Crippen LogP contribution in [-0.2, 0) is 9.53 Å². The van der Waals surface area contributed by atoms with Crippen LogP contribution in [0.3, 0.4) is 0 Å². The average molecular weight is 242 g/mol. The summed E-state index contributed by atoms with van der Waals surface area (Å²) < 4.78 is 5.39. The lowest BCUT2D eigenvalue weighted by Gasteiger charge is -2.37. The van der Waals surface area contributed by atoms with E-state index in [2.05, 4.69) is 19.2 Å². The topological polar surface area (TPSA) is 41.6 Å². The SMILES string of the molecule is COC(C)(C)CN1CCCC(NC(C)C)C1=O. The third-order valence-corrected chi connectivity index (χ3v) is 3.19. The number of hydrogen-bond acceptors (Lipinski definition) is 3. The van der Waals surface area contributed by atoms with Crippen molar-refractivity contribution in [2.24, 2.45) is 0 Å². The molecule has 0 radical (unpaired) electrons. The fraction of sp³-hybridized carbons (Fsp3) is 0.923. The highest BCUT2D eigenvalue weighted by Gasteiger charge is 2.32. The van der Waals surface area contributed by atoms with Gasteiger partial charge in [-0.3, -0.25) is 4.79 Å². The molecule has 1 amide bonds. The maximum atomic E-state index is 12.3. The molecule has 1 atom stereocenters. The molecule has 0 spiro atoms. The number of ether oxygens (including phenoxy) is 1. The first-order valence-electron chi connectivity index (χ1n) is 6.46. The molecule has 0 saturated carbocycles. The number of rotatable bonds is 5. The molecule has 1 saturated heterocycles. The minimum Gasteiger partial charge on any atom is -0.377 e. The molecule has 1 fully saturated rings. The van der Waals surface area contributed by atoms with Crippen molar-refractivity contribution in [2.45, 2.75) is 58.2 Å². The summed E-state index contributed by atoms with van der Waals surface area (Å²) in [6.07, 6.45) is 2.01. The normalized spacial score (nSPS) is 22.4. The van der Waals surface area contributed by atoms with Gasteiger partial charge in [0.05, 0.1) is 11.6 Å². The molecule has 1 rings (SSSR count). The molecule has 0 aromatic rings. The molecule has 1 N–H and O–H groups in total. The van der Waals surface area contributed by atoms with Gasteiger partial charge in [0, 0.05) is 26.2 Å². The van der Waals surface area contributed by atoms with Crippen molar-refractivity contribution in [1.82, 2.24) is 10.2 Å². The van der Waals surface area contributed by atoms with Crippen LogP contribution >= 0.6 is 0 Å². The number of nitrogens with one attached hydrogen (secondary N) is 1. The van der Waals surface area contributed by atoms with E-state index in [0.29, 0.717) is 12.6 Å². The number of carbonyl (C=O) groups is 1. The molecule has 0 bridgehead atoms. The first-order valence-corrected chi connectivity index (χ1v) is 6.46. The second-order valence-corrected chi connectivity index (χ2v) is 5.74. The van der Waals surface area contributed by atoms with E-state index in [4.69, 9.17) is 4.74 Å². The van der Waals surface area contributed by atoms with E-state index >= 15 is 0 Å². The summed E-state index contributed by atoms with van der Waals surface area (Å²) in [5, 5.41) is 3.33. The highest BCUT2D eigenvalue weighted by molar-refractivity contribution is 5.82. The van der Waals surface area contributed by atoms with Gasteiger partial charge in [-0.15, -0.1) is 0 Å². The van der Waals surface area contributed by atoms with Crippen molar-refractivity contribution < 1.29 is 9.53 Å². The molecule has 100 valence electrons. The monoisotopic (exact) mass is 242 g/mol. The predicted molar refractivity (Wildman–Crippen MR) is 69.0 cm³/mol. The minimum atomic E-state index is -0.268. The van der Waals surface area contributed by atoms with E-state index < -0.39 is 0 Å². The lowest BCUT2D eigenvalue weighted by atomic mass is 10.0. The summed E-state index contributed by atoms with van der Waals surface area (Å²) in [6, 6.07) is 0.329. The predicted octanol–water partition coefficient (Wildman–Crippen LogP) is 1.40. The Kier molecular flexibility index (Phi) is 4.95. The Balaban J connectivity index is 2.59. The molecule has 0 aliphatic carbocycles. The van der Waals surface area contributed by atoms with Crippen molar-refractivity contribution in [2.75, 3.05) is 20.2 Å². The number of piperidine rings is 1. The highest BCUT2D eigenvalue weighted by Crippen LogP contribution is 2.17. The molecule has 0 aromatic heterocycles. The van der Waals surface area contributed by atoms with E-state index in [-0.39, 0.29) is 17.6 Å². The molecule has 4 nitrogen and oxygen atoms in total. The second kappa shape index (κ2) is 5.83. The Morgan fingerprint density at radius 3 is 2.71 bits per heavy atom. The number of likely N-dealkylation sites (tertiary alicyclic amines) is 1. The van der Waals surface area contributed by atoms with Crippen LogP contribution in [0.15, 0.2) is 0 Å². The Hall–Kier alpha value is -0.610. The molecule has 1 unspecified atom stereocenters. The second-order valence-electron chi connectivity index (χ2n) is 5.74. The van der Waals surface area contributed by atoms with Crippen LogP contribution < -0.4 is 5.32 Å². The van der Waals surface area contributed by atoms with Crippen LogP contribution in [0.25, 0.3) is 0 Å². The van der Waals surface area contributed by atoms with Gasteiger partial charge in [-0.1, -0.05) is 13.8 Å². The summed E-state index contributed by atoms with van der Waals surface area (Å²) in [4.78, 5) is 14.2. The summed E-state index contributed by atoms with van der Waals surface area (Å²) >= 11 is 0. The maximum Gasteiger partial charge on any atom is 0.239 e. The van der Waals surface area contributed by atoms with E-state index in [1.165, 1.54) is 0 Å². The number of methoxy groups -OCH3 is 1. The molecule has 1 aliphatic heterocycles. The molecular weight excluding hydrogens is 216 g/mol. The summed E-state index contributed by atoms with van der Waals surface area (Å²) in [5.41, 5.74) is -0.268. The summed E-state index contributed by atoms with van der Waals surface area (Å²) in [5.74, 6) is 0.218. The Labute approximate surface area is 105 Å². The van der Waals surface area contributed by atoms with Crippen molar-refractivity contribution in [3.05, 3.63) is 0 Å². The quantitative estimate of drug-likeness (QED) is 0.792. The average Bonchev–Trinajstić information content (AvgIpc) is 2.23.